The second-order valence-corrected chi connectivity index (χ2v) is 7.24. The molecule has 0 fully saturated rings. The van der Waals surface area contributed by atoms with Gasteiger partial charge < -0.3 is 5.32 Å². The topological polar surface area (TPSA) is 72.0 Å². The van der Waals surface area contributed by atoms with Crippen molar-refractivity contribution in [2.24, 2.45) is 0 Å². The number of nitrogens with zero attached hydrogens (tertiary/aromatic N) is 2. The highest BCUT2D eigenvalue weighted by Gasteiger charge is 2.19. The molecule has 0 radical (unpaired) electrons. The number of rotatable bonds is 3. The summed E-state index contributed by atoms with van der Waals surface area (Å²) in [6.07, 6.45) is 4.29. The zero-order valence-electron chi connectivity index (χ0n) is 12.0. The number of sulfone groups is 1. The van der Waals surface area contributed by atoms with E-state index in [0.29, 0.717) is 10.7 Å². The van der Waals surface area contributed by atoms with Gasteiger partial charge in [0.1, 0.15) is 5.82 Å². The SMILES string of the molecule is CNc1nc(-c2ccc(S(C)(=O)=O)cc2)nc2c1CCC2. The molecule has 1 aromatic heterocycles. The molecular formula is C15H17N3O2S. The van der Waals surface area contributed by atoms with E-state index in [9.17, 15) is 8.42 Å². The second-order valence-electron chi connectivity index (χ2n) is 5.22. The predicted octanol–water partition coefficient (Wildman–Crippen LogP) is 2.08. The second kappa shape index (κ2) is 5.11. The Kier molecular flexibility index (Phi) is 3.41. The van der Waals surface area contributed by atoms with Crippen LogP contribution in [0.3, 0.4) is 0 Å². The molecule has 3 rings (SSSR count). The molecule has 0 aliphatic heterocycles. The number of aryl methyl sites for hydroxylation is 1. The van der Waals surface area contributed by atoms with Gasteiger partial charge >= 0.3 is 0 Å². The molecule has 1 aliphatic carbocycles. The molecule has 0 unspecified atom stereocenters. The third-order valence-electron chi connectivity index (χ3n) is 3.71. The van der Waals surface area contributed by atoms with Crippen molar-refractivity contribution in [3.05, 3.63) is 35.5 Å². The van der Waals surface area contributed by atoms with Crippen LogP contribution in [0, 0.1) is 0 Å². The summed E-state index contributed by atoms with van der Waals surface area (Å²) in [6.45, 7) is 0. The van der Waals surface area contributed by atoms with Crippen LogP contribution in [0.5, 0.6) is 0 Å². The molecule has 1 N–H and O–H groups in total. The van der Waals surface area contributed by atoms with E-state index in [1.165, 1.54) is 11.8 Å². The number of hydrogen-bond acceptors (Lipinski definition) is 5. The van der Waals surface area contributed by atoms with Crippen LogP contribution in [-0.4, -0.2) is 31.7 Å². The van der Waals surface area contributed by atoms with Crippen molar-refractivity contribution in [3.8, 4) is 11.4 Å². The lowest BCUT2D eigenvalue weighted by Crippen LogP contribution is -2.03. The minimum absolute atomic E-state index is 0.307. The number of aromatic nitrogens is 2. The summed E-state index contributed by atoms with van der Waals surface area (Å²) in [5.41, 5.74) is 3.12. The van der Waals surface area contributed by atoms with Crippen molar-refractivity contribution in [1.82, 2.24) is 9.97 Å². The Balaban J connectivity index is 2.05. The van der Waals surface area contributed by atoms with Crippen LogP contribution in [0.15, 0.2) is 29.2 Å². The molecular weight excluding hydrogens is 286 g/mol. The van der Waals surface area contributed by atoms with E-state index in [2.05, 4.69) is 15.3 Å². The first-order valence-electron chi connectivity index (χ1n) is 6.87. The average molecular weight is 303 g/mol. The fourth-order valence-electron chi connectivity index (χ4n) is 2.62. The van der Waals surface area contributed by atoms with Crippen molar-refractivity contribution >= 4 is 15.7 Å². The van der Waals surface area contributed by atoms with E-state index in [4.69, 9.17) is 0 Å². The van der Waals surface area contributed by atoms with Crippen molar-refractivity contribution in [2.75, 3.05) is 18.6 Å². The zero-order valence-corrected chi connectivity index (χ0v) is 12.9. The van der Waals surface area contributed by atoms with Crippen LogP contribution >= 0.6 is 0 Å². The van der Waals surface area contributed by atoms with E-state index in [-0.39, 0.29) is 0 Å². The maximum absolute atomic E-state index is 11.5. The van der Waals surface area contributed by atoms with Gasteiger partial charge in [0.2, 0.25) is 0 Å². The molecule has 1 heterocycles. The van der Waals surface area contributed by atoms with E-state index in [0.717, 1.165) is 36.3 Å². The third-order valence-corrected chi connectivity index (χ3v) is 4.84. The van der Waals surface area contributed by atoms with Crippen LogP contribution in [0.4, 0.5) is 5.82 Å². The van der Waals surface area contributed by atoms with Crippen LogP contribution in [0.1, 0.15) is 17.7 Å². The Labute approximate surface area is 124 Å². The highest BCUT2D eigenvalue weighted by atomic mass is 32.2. The van der Waals surface area contributed by atoms with Crippen LogP contribution in [-0.2, 0) is 22.7 Å². The van der Waals surface area contributed by atoms with E-state index in [1.54, 1.807) is 24.3 Å². The highest BCUT2D eigenvalue weighted by molar-refractivity contribution is 7.90. The van der Waals surface area contributed by atoms with Gasteiger partial charge in [-0.15, -0.1) is 0 Å². The summed E-state index contributed by atoms with van der Waals surface area (Å²) in [5.74, 6) is 1.51. The summed E-state index contributed by atoms with van der Waals surface area (Å²) in [6, 6.07) is 6.71. The number of benzene rings is 1. The van der Waals surface area contributed by atoms with Crippen molar-refractivity contribution in [1.29, 1.82) is 0 Å². The lowest BCUT2D eigenvalue weighted by Gasteiger charge is -2.09. The summed E-state index contributed by atoms with van der Waals surface area (Å²) in [7, 11) is -1.32. The minimum Gasteiger partial charge on any atom is -0.373 e. The Hall–Kier alpha value is -1.95. The molecule has 5 nitrogen and oxygen atoms in total. The van der Waals surface area contributed by atoms with Gasteiger partial charge in [0.25, 0.3) is 0 Å². The highest BCUT2D eigenvalue weighted by Crippen LogP contribution is 2.29. The fourth-order valence-corrected chi connectivity index (χ4v) is 3.25. The Bertz CT molecular complexity index is 783. The molecule has 0 spiro atoms. The van der Waals surface area contributed by atoms with Crippen LogP contribution < -0.4 is 5.32 Å². The molecule has 0 saturated heterocycles. The predicted molar refractivity (Wildman–Crippen MR) is 82.1 cm³/mol. The first-order valence-corrected chi connectivity index (χ1v) is 8.76. The molecule has 1 aliphatic rings. The third kappa shape index (κ3) is 2.63. The Morgan fingerprint density at radius 1 is 1.10 bits per heavy atom. The molecule has 2 aromatic rings. The number of anilines is 1. The van der Waals surface area contributed by atoms with Crippen molar-refractivity contribution < 1.29 is 8.42 Å². The van der Waals surface area contributed by atoms with Gasteiger partial charge in [-0.3, -0.25) is 0 Å². The number of nitrogens with one attached hydrogen (secondary N) is 1. The first kappa shape index (κ1) is 14.0. The molecule has 6 heteroatoms. The molecule has 0 atom stereocenters. The van der Waals surface area contributed by atoms with E-state index < -0.39 is 9.84 Å². The Morgan fingerprint density at radius 3 is 2.43 bits per heavy atom. The van der Waals surface area contributed by atoms with Gasteiger partial charge in [-0.2, -0.15) is 0 Å². The summed E-state index contributed by atoms with van der Waals surface area (Å²) >= 11 is 0. The number of hydrogen-bond donors (Lipinski definition) is 1. The summed E-state index contributed by atoms with van der Waals surface area (Å²) in [5, 5.41) is 3.13. The maximum atomic E-state index is 11.5. The molecule has 21 heavy (non-hydrogen) atoms. The van der Waals surface area contributed by atoms with Gasteiger partial charge in [0.15, 0.2) is 15.7 Å². The maximum Gasteiger partial charge on any atom is 0.175 e. The summed E-state index contributed by atoms with van der Waals surface area (Å²) in [4.78, 5) is 9.48. The summed E-state index contributed by atoms with van der Waals surface area (Å²) < 4.78 is 23.0. The van der Waals surface area contributed by atoms with Gasteiger partial charge in [0.05, 0.1) is 4.90 Å². The normalized spacial score (nSPS) is 14.0. The quantitative estimate of drug-likeness (QED) is 0.940. The first-order chi connectivity index (χ1) is 9.99. The zero-order chi connectivity index (χ0) is 15.0. The average Bonchev–Trinajstić information content (AvgIpc) is 2.93. The smallest absolute Gasteiger partial charge is 0.175 e. The number of fused-ring (bicyclic) bond motifs is 1. The monoisotopic (exact) mass is 303 g/mol. The molecule has 110 valence electrons. The van der Waals surface area contributed by atoms with Gasteiger partial charge in [-0.1, -0.05) is 0 Å². The van der Waals surface area contributed by atoms with Crippen molar-refractivity contribution in [2.45, 2.75) is 24.2 Å². The lowest BCUT2D eigenvalue weighted by atomic mass is 10.2. The largest absolute Gasteiger partial charge is 0.373 e. The fraction of sp³-hybridized carbons (Fsp3) is 0.333. The minimum atomic E-state index is -3.18. The molecule has 1 aromatic carbocycles. The molecule has 0 amide bonds. The standard InChI is InChI=1S/C15H17N3O2S/c1-16-15-12-4-3-5-13(12)17-14(18-15)10-6-8-11(9-7-10)21(2,19)20/h6-9H,3-5H2,1-2H3,(H,16,17,18). The molecule has 0 saturated carbocycles. The van der Waals surface area contributed by atoms with E-state index in [1.807, 2.05) is 7.05 Å². The van der Waals surface area contributed by atoms with Crippen LogP contribution in [0.25, 0.3) is 11.4 Å². The van der Waals surface area contributed by atoms with Gasteiger partial charge in [-0.05, 0) is 43.5 Å². The van der Waals surface area contributed by atoms with Gasteiger partial charge in [0, 0.05) is 30.1 Å². The lowest BCUT2D eigenvalue weighted by molar-refractivity contribution is 0.602. The molecule has 0 bridgehead atoms. The van der Waals surface area contributed by atoms with Gasteiger partial charge in [-0.25, -0.2) is 18.4 Å². The van der Waals surface area contributed by atoms with E-state index >= 15 is 0 Å². The van der Waals surface area contributed by atoms with Crippen LogP contribution in [0.2, 0.25) is 0 Å². The van der Waals surface area contributed by atoms with Crippen molar-refractivity contribution in [3.63, 3.8) is 0 Å². The Morgan fingerprint density at radius 2 is 1.81 bits per heavy atom.